The van der Waals surface area contributed by atoms with Crippen LogP contribution in [0.15, 0.2) is 12.4 Å². The molecule has 2 fully saturated rings. The molecule has 4 atom stereocenters. The summed E-state index contributed by atoms with van der Waals surface area (Å²) in [5.41, 5.74) is 0.933. The van der Waals surface area contributed by atoms with Crippen molar-refractivity contribution < 1.29 is 9.84 Å². The van der Waals surface area contributed by atoms with Crippen LogP contribution in [-0.2, 0) is 11.3 Å². The smallest absolute Gasteiger partial charge is 0.0874 e. The van der Waals surface area contributed by atoms with Gasteiger partial charge < -0.3 is 9.84 Å². The number of aliphatic hydroxyl groups is 1. The quantitative estimate of drug-likeness (QED) is 0.843. The molecule has 0 aliphatic carbocycles. The third kappa shape index (κ3) is 1.57. The van der Waals surface area contributed by atoms with E-state index in [4.69, 9.17) is 4.74 Å². The largest absolute Gasteiger partial charge is 0.388 e. The molecule has 0 aromatic carbocycles. The van der Waals surface area contributed by atoms with Crippen LogP contribution in [0.3, 0.4) is 0 Å². The van der Waals surface area contributed by atoms with Crippen LogP contribution in [0, 0.1) is 5.92 Å². The molecule has 0 saturated carbocycles. The van der Waals surface area contributed by atoms with E-state index in [-0.39, 0.29) is 12.0 Å². The SMILES string of the molecule is CCn1cc(C(O)C2CC3CCC2O3)cn1. The van der Waals surface area contributed by atoms with Crippen molar-refractivity contribution in [2.24, 2.45) is 5.92 Å². The molecule has 3 rings (SSSR count). The fourth-order valence-corrected chi connectivity index (χ4v) is 2.96. The van der Waals surface area contributed by atoms with Gasteiger partial charge in [-0.1, -0.05) is 0 Å². The van der Waals surface area contributed by atoms with Gasteiger partial charge in [-0.05, 0) is 26.2 Å². The normalized spacial score (nSPS) is 34.5. The summed E-state index contributed by atoms with van der Waals surface area (Å²) in [7, 11) is 0. The van der Waals surface area contributed by atoms with Gasteiger partial charge in [0.25, 0.3) is 0 Å². The number of aliphatic hydroxyl groups excluding tert-OH is 1. The zero-order valence-electron chi connectivity index (χ0n) is 9.54. The van der Waals surface area contributed by atoms with Crippen LogP contribution in [0.4, 0.5) is 0 Å². The highest BCUT2D eigenvalue weighted by atomic mass is 16.5. The van der Waals surface area contributed by atoms with Gasteiger partial charge in [-0.3, -0.25) is 4.68 Å². The number of hydrogen-bond acceptors (Lipinski definition) is 3. The van der Waals surface area contributed by atoms with Crippen molar-refractivity contribution in [3.05, 3.63) is 18.0 Å². The average Bonchev–Trinajstić information content (AvgIpc) is 3.03. The van der Waals surface area contributed by atoms with Crippen LogP contribution in [-0.4, -0.2) is 27.1 Å². The molecule has 2 aliphatic heterocycles. The number of rotatable bonds is 3. The predicted octanol–water partition coefficient (Wildman–Crippen LogP) is 1.50. The maximum Gasteiger partial charge on any atom is 0.0874 e. The molecule has 16 heavy (non-hydrogen) atoms. The summed E-state index contributed by atoms with van der Waals surface area (Å²) in [4.78, 5) is 0. The Hall–Kier alpha value is -0.870. The number of ether oxygens (including phenoxy) is 1. The maximum atomic E-state index is 10.3. The van der Waals surface area contributed by atoms with Crippen molar-refractivity contribution in [2.45, 2.75) is 51.0 Å². The lowest BCUT2D eigenvalue weighted by Crippen LogP contribution is -2.23. The highest BCUT2D eigenvalue weighted by Gasteiger charge is 2.44. The Morgan fingerprint density at radius 2 is 2.50 bits per heavy atom. The molecule has 1 aromatic heterocycles. The lowest BCUT2D eigenvalue weighted by Gasteiger charge is -2.23. The molecule has 0 radical (unpaired) electrons. The molecule has 2 aliphatic rings. The second kappa shape index (κ2) is 3.86. The minimum atomic E-state index is -0.407. The van der Waals surface area contributed by atoms with E-state index in [1.165, 1.54) is 6.42 Å². The Morgan fingerprint density at radius 1 is 1.62 bits per heavy atom. The molecule has 0 amide bonds. The van der Waals surface area contributed by atoms with Crippen molar-refractivity contribution in [2.75, 3.05) is 0 Å². The minimum Gasteiger partial charge on any atom is -0.388 e. The highest BCUT2D eigenvalue weighted by Crippen LogP contribution is 2.44. The Kier molecular flexibility index (Phi) is 2.48. The lowest BCUT2D eigenvalue weighted by molar-refractivity contribution is 0.0422. The van der Waals surface area contributed by atoms with E-state index < -0.39 is 6.10 Å². The minimum absolute atomic E-state index is 0.268. The van der Waals surface area contributed by atoms with Crippen LogP contribution in [0.5, 0.6) is 0 Å². The fourth-order valence-electron chi connectivity index (χ4n) is 2.96. The van der Waals surface area contributed by atoms with Gasteiger partial charge in [-0.25, -0.2) is 0 Å². The highest BCUT2D eigenvalue weighted by molar-refractivity contribution is 5.11. The van der Waals surface area contributed by atoms with Crippen molar-refractivity contribution in [1.82, 2.24) is 9.78 Å². The van der Waals surface area contributed by atoms with Gasteiger partial charge >= 0.3 is 0 Å². The maximum absolute atomic E-state index is 10.3. The van der Waals surface area contributed by atoms with E-state index in [0.29, 0.717) is 6.10 Å². The Morgan fingerprint density at radius 3 is 3.06 bits per heavy atom. The standard InChI is InChI=1S/C12H18N2O2/c1-2-14-7-8(6-13-14)12(15)10-5-9-3-4-11(10)16-9/h6-7,9-12,15H,2-5H2,1H3. The number of fused-ring (bicyclic) bond motifs is 2. The van der Waals surface area contributed by atoms with E-state index in [0.717, 1.165) is 24.9 Å². The summed E-state index contributed by atoms with van der Waals surface area (Å²) >= 11 is 0. The fraction of sp³-hybridized carbons (Fsp3) is 0.750. The first-order valence-electron chi connectivity index (χ1n) is 6.14. The van der Waals surface area contributed by atoms with Crippen molar-refractivity contribution in [1.29, 1.82) is 0 Å². The first kappa shape index (κ1) is 10.3. The number of nitrogens with zero attached hydrogens (tertiary/aromatic N) is 2. The van der Waals surface area contributed by atoms with E-state index in [1.54, 1.807) is 6.20 Å². The molecule has 4 unspecified atom stereocenters. The van der Waals surface area contributed by atoms with E-state index in [2.05, 4.69) is 5.10 Å². The van der Waals surface area contributed by atoms with Gasteiger partial charge in [0.15, 0.2) is 0 Å². The summed E-state index contributed by atoms with van der Waals surface area (Å²) in [5, 5.41) is 14.5. The summed E-state index contributed by atoms with van der Waals surface area (Å²) in [6.45, 7) is 2.89. The van der Waals surface area contributed by atoms with Gasteiger partial charge in [0.2, 0.25) is 0 Å². The Labute approximate surface area is 95.2 Å². The molecule has 3 heterocycles. The monoisotopic (exact) mass is 222 g/mol. The van der Waals surface area contributed by atoms with Crippen LogP contribution < -0.4 is 0 Å². The second-order valence-electron chi connectivity index (χ2n) is 4.85. The predicted molar refractivity (Wildman–Crippen MR) is 58.9 cm³/mol. The van der Waals surface area contributed by atoms with E-state index in [9.17, 15) is 5.11 Å². The molecule has 4 heteroatoms. The van der Waals surface area contributed by atoms with Crippen molar-refractivity contribution in [3.8, 4) is 0 Å². The molecular formula is C12H18N2O2. The molecule has 4 nitrogen and oxygen atoms in total. The van der Waals surface area contributed by atoms with Gasteiger partial charge in [-0.15, -0.1) is 0 Å². The zero-order valence-corrected chi connectivity index (χ0v) is 9.54. The van der Waals surface area contributed by atoms with Gasteiger partial charge in [0, 0.05) is 24.2 Å². The summed E-state index contributed by atoms with van der Waals surface area (Å²) < 4.78 is 7.63. The zero-order chi connectivity index (χ0) is 11.1. The molecule has 0 spiro atoms. The van der Waals surface area contributed by atoms with Crippen LogP contribution in [0.1, 0.15) is 37.9 Å². The van der Waals surface area contributed by atoms with Crippen LogP contribution in [0.2, 0.25) is 0 Å². The topological polar surface area (TPSA) is 47.3 Å². The molecule has 2 bridgehead atoms. The number of aryl methyl sites for hydroxylation is 1. The van der Waals surface area contributed by atoms with Gasteiger partial charge in [-0.2, -0.15) is 5.10 Å². The first-order chi connectivity index (χ1) is 7.78. The Balaban J connectivity index is 1.75. The second-order valence-corrected chi connectivity index (χ2v) is 4.85. The van der Waals surface area contributed by atoms with E-state index >= 15 is 0 Å². The van der Waals surface area contributed by atoms with Crippen LogP contribution >= 0.6 is 0 Å². The van der Waals surface area contributed by atoms with Crippen LogP contribution in [0.25, 0.3) is 0 Å². The summed E-state index contributed by atoms with van der Waals surface area (Å²) in [5.74, 6) is 0.272. The summed E-state index contributed by atoms with van der Waals surface area (Å²) in [6, 6.07) is 0. The average molecular weight is 222 g/mol. The summed E-state index contributed by atoms with van der Waals surface area (Å²) in [6.07, 6.45) is 7.25. The third-order valence-corrected chi connectivity index (χ3v) is 3.88. The third-order valence-electron chi connectivity index (χ3n) is 3.88. The Bertz CT molecular complexity index is 377. The molecule has 2 saturated heterocycles. The van der Waals surface area contributed by atoms with Crippen molar-refractivity contribution >= 4 is 0 Å². The lowest BCUT2D eigenvalue weighted by atomic mass is 9.83. The molecule has 1 aromatic rings. The van der Waals surface area contributed by atoms with Gasteiger partial charge in [0.1, 0.15) is 0 Å². The molecule has 1 N–H and O–H groups in total. The molecule has 88 valence electrons. The number of hydrogen-bond donors (Lipinski definition) is 1. The van der Waals surface area contributed by atoms with Crippen molar-refractivity contribution in [3.63, 3.8) is 0 Å². The van der Waals surface area contributed by atoms with Gasteiger partial charge in [0.05, 0.1) is 24.5 Å². The molecular weight excluding hydrogens is 204 g/mol. The number of aromatic nitrogens is 2. The first-order valence-corrected chi connectivity index (χ1v) is 6.14. The van der Waals surface area contributed by atoms with E-state index in [1.807, 2.05) is 17.8 Å².